The third-order valence-corrected chi connectivity index (χ3v) is 4.06. The molecule has 0 saturated carbocycles. The number of hydrogen-bond donors (Lipinski definition) is 0. The lowest BCUT2D eigenvalue weighted by Gasteiger charge is -2.21. The van der Waals surface area contributed by atoms with Gasteiger partial charge in [-0.25, -0.2) is 0 Å². The zero-order valence-corrected chi connectivity index (χ0v) is 11.1. The van der Waals surface area contributed by atoms with Gasteiger partial charge in [0, 0.05) is 10.4 Å². The Bertz CT molecular complexity index is 609. The summed E-state index contributed by atoms with van der Waals surface area (Å²) in [4.78, 5) is 0. The fraction of sp³-hybridized carbons (Fsp3) is 0.250. The molecule has 1 aliphatic carbocycles. The third kappa shape index (κ3) is 1.37. The topological polar surface area (TPSA) is 0 Å². The van der Waals surface area contributed by atoms with Crippen molar-refractivity contribution >= 4 is 11.6 Å². The zero-order chi connectivity index (χ0) is 12.2. The van der Waals surface area contributed by atoms with Gasteiger partial charge in [0.2, 0.25) is 0 Å². The van der Waals surface area contributed by atoms with E-state index in [-0.39, 0.29) is 5.41 Å². The van der Waals surface area contributed by atoms with Gasteiger partial charge in [0.05, 0.1) is 0 Å². The highest BCUT2D eigenvalue weighted by atomic mass is 35.5. The van der Waals surface area contributed by atoms with E-state index >= 15 is 0 Å². The van der Waals surface area contributed by atoms with Crippen molar-refractivity contribution in [2.45, 2.75) is 26.2 Å². The van der Waals surface area contributed by atoms with E-state index in [4.69, 9.17) is 11.6 Å². The molecule has 0 radical (unpaired) electrons. The predicted molar refractivity (Wildman–Crippen MR) is 73.8 cm³/mol. The first kappa shape index (κ1) is 10.9. The van der Waals surface area contributed by atoms with E-state index in [2.05, 4.69) is 57.2 Å². The van der Waals surface area contributed by atoms with Crippen LogP contribution in [0.5, 0.6) is 0 Å². The fourth-order valence-corrected chi connectivity index (χ4v) is 3.26. The Morgan fingerprint density at radius 2 is 1.71 bits per heavy atom. The minimum Gasteiger partial charge on any atom is -0.0843 e. The molecule has 0 bridgehead atoms. The quantitative estimate of drug-likeness (QED) is 0.613. The Morgan fingerprint density at radius 1 is 1.00 bits per heavy atom. The second-order valence-electron chi connectivity index (χ2n) is 5.32. The molecule has 2 aromatic carbocycles. The highest BCUT2D eigenvalue weighted by Gasteiger charge is 2.36. The van der Waals surface area contributed by atoms with Gasteiger partial charge in [-0.3, -0.25) is 0 Å². The monoisotopic (exact) mass is 242 g/mol. The molecule has 0 nitrogen and oxygen atoms in total. The van der Waals surface area contributed by atoms with Crippen LogP contribution in [-0.2, 0) is 5.41 Å². The van der Waals surface area contributed by atoms with Crippen molar-refractivity contribution in [2.75, 3.05) is 0 Å². The van der Waals surface area contributed by atoms with Crippen LogP contribution in [0.4, 0.5) is 0 Å². The van der Waals surface area contributed by atoms with Crippen LogP contribution in [-0.4, -0.2) is 0 Å². The molecule has 0 fully saturated rings. The predicted octanol–water partition coefficient (Wildman–Crippen LogP) is 4.95. The largest absolute Gasteiger partial charge is 0.0843 e. The van der Waals surface area contributed by atoms with Gasteiger partial charge in [0.1, 0.15) is 0 Å². The molecule has 0 spiro atoms. The number of hydrogen-bond acceptors (Lipinski definition) is 0. The summed E-state index contributed by atoms with van der Waals surface area (Å²) in [5.41, 5.74) is 6.81. The van der Waals surface area contributed by atoms with Gasteiger partial charge >= 0.3 is 0 Å². The summed E-state index contributed by atoms with van der Waals surface area (Å²) in [6, 6.07) is 12.8. The van der Waals surface area contributed by atoms with Gasteiger partial charge in [0.15, 0.2) is 0 Å². The Kier molecular flexibility index (Phi) is 2.15. The van der Waals surface area contributed by atoms with Gasteiger partial charge in [-0.2, -0.15) is 0 Å². The van der Waals surface area contributed by atoms with E-state index in [0.29, 0.717) is 0 Å². The lowest BCUT2D eigenvalue weighted by Crippen LogP contribution is -2.14. The first-order valence-electron chi connectivity index (χ1n) is 5.92. The standard InChI is InChI=1S/C16H15Cl/c1-10-8-11(17)9-14-15(10)12-6-4-5-7-13(12)16(14,2)3/h4-9H,1-3H3. The van der Waals surface area contributed by atoms with Crippen LogP contribution in [0.25, 0.3) is 11.1 Å². The maximum Gasteiger partial charge on any atom is 0.0412 e. The zero-order valence-electron chi connectivity index (χ0n) is 10.3. The average molecular weight is 243 g/mol. The van der Waals surface area contributed by atoms with Crippen molar-refractivity contribution in [2.24, 2.45) is 0 Å². The molecule has 3 rings (SSSR count). The summed E-state index contributed by atoms with van der Waals surface area (Å²) in [5, 5.41) is 0.835. The van der Waals surface area contributed by atoms with Crippen molar-refractivity contribution < 1.29 is 0 Å². The van der Waals surface area contributed by atoms with Crippen molar-refractivity contribution in [1.29, 1.82) is 0 Å². The summed E-state index contributed by atoms with van der Waals surface area (Å²) in [6.45, 7) is 6.68. The minimum absolute atomic E-state index is 0.0571. The van der Waals surface area contributed by atoms with Crippen LogP contribution in [0.1, 0.15) is 30.5 Å². The van der Waals surface area contributed by atoms with Crippen LogP contribution in [0.15, 0.2) is 36.4 Å². The number of fused-ring (bicyclic) bond motifs is 3. The average Bonchev–Trinajstić information content (AvgIpc) is 2.49. The molecule has 1 aliphatic rings. The first-order chi connectivity index (χ1) is 8.01. The fourth-order valence-electron chi connectivity index (χ4n) is 2.98. The normalized spacial score (nSPS) is 15.5. The molecule has 0 N–H and O–H groups in total. The Hall–Kier alpha value is -1.27. The molecule has 0 atom stereocenters. The van der Waals surface area contributed by atoms with Crippen LogP contribution in [0.2, 0.25) is 5.02 Å². The highest BCUT2D eigenvalue weighted by Crippen LogP contribution is 2.50. The molecular weight excluding hydrogens is 228 g/mol. The summed E-state index contributed by atoms with van der Waals surface area (Å²) < 4.78 is 0. The summed E-state index contributed by atoms with van der Waals surface area (Å²) in [6.07, 6.45) is 0. The lowest BCUT2D eigenvalue weighted by molar-refractivity contribution is 0.660. The smallest absolute Gasteiger partial charge is 0.0412 e. The number of rotatable bonds is 0. The molecule has 0 unspecified atom stereocenters. The minimum atomic E-state index is 0.0571. The maximum atomic E-state index is 6.20. The van der Waals surface area contributed by atoms with Crippen LogP contribution < -0.4 is 0 Å². The van der Waals surface area contributed by atoms with Crippen molar-refractivity contribution in [3.8, 4) is 11.1 Å². The van der Waals surface area contributed by atoms with Crippen LogP contribution in [0, 0.1) is 6.92 Å². The Labute approximate surface area is 107 Å². The van der Waals surface area contributed by atoms with Gasteiger partial charge in [-0.05, 0) is 46.9 Å². The van der Waals surface area contributed by atoms with E-state index in [1.165, 1.54) is 27.8 Å². The third-order valence-electron chi connectivity index (χ3n) is 3.84. The molecule has 0 heterocycles. The molecule has 0 saturated heterocycles. The molecule has 0 aliphatic heterocycles. The second kappa shape index (κ2) is 3.36. The Morgan fingerprint density at radius 3 is 2.47 bits per heavy atom. The van der Waals surface area contributed by atoms with E-state index in [1.54, 1.807) is 0 Å². The van der Waals surface area contributed by atoms with Crippen LogP contribution in [0.3, 0.4) is 0 Å². The van der Waals surface area contributed by atoms with E-state index in [9.17, 15) is 0 Å². The van der Waals surface area contributed by atoms with Gasteiger partial charge < -0.3 is 0 Å². The maximum absolute atomic E-state index is 6.20. The van der Waals surface area contributed by atoms with Gasteiger partial charge in [-0.15, -0.1) is 0 Å². The van der Waals surface area contributed by atoms with E-state index in [0.717, 1.165) is 5.02 Å². The van der Waals surface area contributed by atoms with Crippen LogP contribution >= 0.6 is 11.6 Å². The van der Waals surface area contributed by atoms with Crippen molar-refractivity contribution in [3.63, 3.8) is 0 Å². The Balaban J connectivity index is 2.44. The summed E-state index contributed by atoms with van der Waals surface area (Å²) >= 11 is 6.20. The number of benzene rings is 2. The molecule has 1 heteroatoms. The first-order valence-corrected chi connectivity index (χ1v) is 6.30. The molecule has 2 aromatic rings. The SMILES string of the molecule is Cc1cc(Cl)cc2c1-c1ccccc1C2(C)C. The summed E-state index contributed by atoms with van der Waals surface area (Å²) in [5.74, 6) is 0. The van der Waals surface area contributed by atoms with E-state index in [1.807, 2.05) is 0 Å². The highest BCUT2D eigenvalue weighted by molar-refractivity contribution is 6.31. The number of halogens is 1. The molecular formula is C16H15Cl. The van der Waals surface area contributed by atoms with Gasteiger partial charge in [0.25, 0.3) is 0 Å². The van der Waals surface area contributed by atoms with Crippen molar-refractivity contribution in [1.82, 2.24) is 0 Å². The van der Waals surface area contributed by atoms with Crippen molar-refractivity contribution in [3.05, 3.63) is 58.1 Å². The number of aryl methyl sites for hydroxylation is 1. The van der Waals surface area contributed by atoms with E-state index < -0.39 is 0 Å². The molecule has 0 aromatic heterocycles. The second-order valence-corrected chi connectivity index (χ2v) is 5.75. The molecule has 86 valence electrons. The summed E-state index contributed by atoms with van der Waals surface area (Å²) in [7, 11) is 0. The molecule has 17 heavy (non-hydrogen) atoms. The van der Waals surface area contributed by atoms with Gasteiger partial charge in [-0.1, -0.05) is 49.7 Å². The lowest BCUT2D eigenvalue weighted by atomic mass is 9.82. The molecule has 0 amide bonds.